The molecule has 0 saturated carbocycles. The molecule has 0 radical (unpaired) electrons. The van der Waals surface area contributed by atoms with Crippen molar-refractivity contribution >= 4 is 67.9 Å². The van der Waals surface area contributed by atoms with E-state index in [0.717, 1.165) is 0 Å². The van der Waals surface area contributed by atoms with E-state index in [0.29, 0.717) is 0 Å². The maximum absolute atomic E-state index is 2.42. The van der Waals surface area contributed by atoms with Gasteiger partial charge >= 0.3 is 0 Å². The standard InChI is InChI=1S/C41H39B2S/c1-26-22-28(3)40(29(4)23-26)43(41-30(5)24-27(2)25-31(41)6)36-19-13-15-32-14-12-18-35(39(32)36)42-33-16-8-10-20-37(33)44(7)38-21-11-9-17-34(38)42/h8-25H,1-7H3/q+1. The van der Waals surface area contributed by atoms with E-state index in [1.165, 1.54) is 86.7 Å². The first kappa shape index (κ1) is 28.8. The Morgan fingerprint density at radius 3 is 1.43 bits per heavy atom. The van der Waals surface area contributed by atoms with Crippen LogP contribution in [0.1, 0.15) is 33.4 Å². The zero-order valence-corrected chi connectivity index (χ0v) is 27.8. The van der Waals surface area contributed by atoms with Gasteiger partial charge in [-0.2, -0.15) is 0 Å². The number of hydrogen-bond acceptors (Lipinski definition) is 0. The highest BCUT2D eigenvalue weighted by Gasteiger charge is 2.41. The molecule has 1 aliphatic rings. The van der Waals surface area contributed by atoms with E-state index >= 15 is 0 Å². The van der Waals surface area contributed by atoms with Crippen LogP contribution in [0.15, 0.2) is 119 Å². The minimum atomic E-state index is 0.0412. The first-order chi connectivity index (χ1) is 21.2. The summed E-state index contributed by atoms with van der Waals surface area (Å²) < 4.78 is 0. The van der Waals surface area contributed by atoms with Crippen LogP contribution in [0.25, 0.3) is 10.8 Å². The van der Waals surface area contributed by atoms with E-state index in [1.807, 2.05) is 0 Å². The fraction of sp³-hybridized carbons (Fsp3) is 0.171. The Bertz CT molecular complexity index is 1920. The zero-order chi connectivity index (χ0) is 30.7. The van der Waals surface area contributed by atoms with Crippen LogP contribution in [0, 0.1) is 41.5 Å². The lowest BCUT2D eigenvalue weighted by atomic mass is 9.31. The highest BCUT2D eigenvalue weighted by Crippen LogP contribution is 2.25. The van der Waals surface area contributed by atoms with Gasteiger partial charge < -0.3 is 0 Å². The van der Waals surface area contributed by atoms with E-state index in [4.69, 9.17) is 0 Å². The minimum Gasteiger partial charge on any atom is -0.0664 e. The van der Waals surface area contributed by atoms with Crippen molar-refractivity contribution in [3.8, 4) is 0 Å². The van der Waals surface area contributed by atoms with E-state index in [-0.39, 0.29) is 24.3 Å². The van der Waals surface area contributed by atoms with Crippen molar-refractivity contribution in [2.45, 2.75) is 51.3 Å². The molecular weight excluding hydrogens is 546 g/mol. The summed E-state index contributed by atoms with van der Waals surface area (Å²) >= 11 is 0. The van der Waals surface area contributed by atoms with Gasteiger partial charge in [0.15, 0.2) is 9.79 Å². The van der Waals surface area contributed by atoms with Crippen molar-refractivity contribution in [1.82, 2.24) is 0 Å². The summed E-state index contributed by atoms with van der Waals surface area (Å²) in [6.07, 6.45) is 2.39. The lowest BCUT2D eigenvalue weighted by molar-refractivity contribution is 1.34. The molecule has 0 amide bonds. The van der Waals surface area contributed by atoms with E-state index in [1.54, 1.807) is 0 Å². The third kappa shape index (κ3) is 4.65. The van der Waals surface area contributed by atoms with Gasteiger partial charge in [-0.25, -0.2) is 0 Å². The maximum atomic E-state index is 2.42. The second-order valence-corrected chi connectivity index (χ2v) is 14.8. The second-order valence-electron chi connectivity index (χ2n) is 12.9. The second kappa shape index (κ2) is 11.2. The largest absolute Gasteiger partial charge is 0.255 e. The van der Waals surface area contributed by atoms with Crippen LogP contribution in [-0.2, 0) is 10.9 Å². The third-order valence-electron chi connectivity index (χ3n) is 9.76. The lowest BCUT2D eigenvalue weighted by Gasteiger charge is -2.29. The Morgan fingerprint density at radius 2 is 0.932 bits per heavy atom. The average molecular weight is 585 g/mol. The van der Waals surface area contributed by atoms with Gasteiger partial charge in [-0.1, -0.05) is 152 Å². The topological polar surface area (TPSA) is 0 Å². The summed E-state index contributed by atoms with van der Waals surface area (Å²) in [5.41, 5.74) is 16.7. The fourth-order valence-electron chi connectivity index (χ4n) is 8.25. The minimum absolute atomic E-state index is 0.0412. The Hall–Kier alpha value is -3.94. The Morgan fingerprint density at radius 1 is 0.500 bits per heavy atom. The van der Waals surface area contributed by atoms with Crippen LogP contribution in [0.2, 0.25) is 0 Å². The van der Waals surface area contributed by atoms with E-state index in [2.05, 4.69) is 157 Å². The summed E-state index contributed by atoms with van der Waals surface area (Å²) in [5.74, 6) is 0. The van der Waals surface area contributed by atoms with Gasteiger partial charge in [-0.15, -0.1) is 0 Å². The molecule has 1 heterocycles. The Labute approximate surface area is 267 Å². The highest BCUT2D eigenvalue weighted by atomic mass is 32.2. The van der Waals surface area contributed by atoms with Gasteiger partial charge in [-0.05, 0) is 75.4 Å². The molecule has 1 aliphatic heterocycles. The molecule has 3 heteroatoms. The number of fused-ring (bicyclic) bond motifs is 3. The number of benzene rings is 6. The van der Waals surface area contributed by atoms with Crippen LogP contribution in [0.4, 0.5) is 0 Å². The molecule has 0 aromatic heterocycles. The molecule has 7 rings (SSSR count). The smallest absolute Gasteiger partial charge is 0.0664 e. The van der Waals surface area contributed by atoms with Crippen molar-refractivity contribution in [1.29, 1.82) is 0 Å². The summed E-state index contributed by atoms with van der Waals surface area (Å²) in [6, 6.07) is 41.8. The monoisotopic (exact) mass is 585 g/mol. The number of rotatable bonds is 4. The molecule has 0 saturated heterocycles. The van der Waals surface area contributed by atoms with Crippen molar-refractivity contribution in [3.63, 3.8) is 0 Å². The van der Waals surface area contributed by atoms with Crippen LogP contribution in [0.3, 0.4) is 0 Å². The number of hydrogen-bond donors (Lipinski definition) is 0. The van der Waals surface area contributed by atoms with Crippen molar-refractivity contribution in [3.05, 3.63) is 143 Å². The van der Waals surface area contributed by atoms with Crippen LogP contribution >= 0.6 is 0 Å². The molecule has 6 aromatic rings. The SMILES string of the molecule is Cc1cc(C)c(B(c2c(C)cc(C)cc2C)c2cccc3cccc(B4c5ccccc5[S+](C)c5ccccc54)c23)c(C)c1. The lowest BCUT2D eigenvalue weighted by Crippen LogP contribution is -2.60. The van der Waals surface area contributed by atoms with Gasteiger partial charge in [0.1, 0.15) is 6.26 Å². The van der Waals surface area contributed by atoms with Crippen molar-refractivity contribution < 1.29 is 0 Å². The molecule has 44 heavy (non-hydrogen) atoms. The van der Waals surface area contributed by atoms with E-state index in [9.17, 15) is 0 Å². The first-order valence-electron chi connectivity index (χ1n) is 15.8. The molecule has 214 valence electrons. The molecular formula is C41H39B2S+. The summed E-state index contributed by atoms with van der Waals surface area (Å²) in [7, 11) is 0.0412. The van der Waals surface area contributed by atoms with Gasteiger partial charge in [0.25, 0.3) is 6.71 Å². The predicted molar refractivity (Wildman–Crippen MR) is 197 cm³/mol. The van der Waals surface area contributed by atoms with Gasteiger partial charge in [0.2, 0.25) is 6.71 Å². The summed E-state index contributed by atoms with van der Waals surface area (Å²) in [5, 5.41) is 2.71. The molecule has 0 unspecified atom stereocenters. The molecule has 6 aromatic carbocycles. The molecule has 0 bridgehead atoms. The number of aryl methyl sites for hydroxylation is 6. The Balaban J connectivity index is 1.60. The molecule has 0 N–H and O–H groups in total. The zero-order valence-electron chi connectivity index (χ0n) is 27.0. The summed E-state index contributed by atoms with van der Waals surface area (Å²) in [6.45, 7) is 14.0. The Kier molecular flexibility index (Phi) is 7.34. The van der Waals surface area contributed by atoms with Crippen molar-refractivity contribution in [2.24, 2.45) is 0 Å². The van der Waals surface area contributed by atoms with Crippen LogP contribution in [-0.4, -0.2) is 19.7 Å². The molecule has 0 atom stereocenters. The summed E-state index contributed by atoms with van der Waals surface area (Å²) in [4.78, 5) is 2.94. The van der Waals surface area contributed by atoms with Crippen molar-refractivity contribution in [2.75, 3.05) is 6.26 Å². The molecule has 0 nitrogen and oxygen atoms in total. The average Bonchev–Trinajstić information content (AvgIpc) is 2.99. The van der Waals surface area contributed by atoms with Crippen LogP contribution < -0.4 is 32.8 Å². The fourth-order valence-corrected chi connectivity index (χ4v) is 10.1. The third-order valence-corrected chi connectivity index (χ3v) is 11.8. The maximum Gasteiger partial charge on any atom is 0.255 e. The molecule has 0 aliphatic carbocycles. The first-order valence-corrected chi connectivity index (χ1v) is 17.4. The van der Waals surface area contributed by atoms with Crippen LogP contribution in [0.5, 0.6) is 0 Å². The normalized spacial score (nSPS) is 12.8. The highest BCUT2D eigenvalue weighted by molar-refractivity contribution is 7.97. The van der Waals surface area contributed by atoms with E-state index < -0.39 is 0 Å². The molecule has 0 fully saturated rings. The predicted octanol–water partition coefficient (Wildman–Crippen LogP) is 5.70. The van der Waals surface area contributed by atoms with Gasteiger partial charge in [0, 0.05) is 0 Å². The molecule has 0 spiro atoms. The quantitative estimate of drug-likeness (QED) is 0.184. The van der Waals surface area contributed by atoms with Gasteiger partial charge in [0.05, 0.1) is 10.9 Å². The van der Waals surface area contributed by atoms with Gasteiger partial charge in [-0.3, -0.25) is 0 Å².